The number of halogens is 1. The second-order valence-corrected chi connectivity index (χ2v) is 12.6. The zero-order chi connectivity index (χ0) is 25.8. The van der Waals surface area contributed by atoms with Crippen LogP contribution in [0.3, 0.4) is 0 Å². The van der Waals surface area contributed by atoms with Crippen molar-refractivity contribution in [2.75, 3.05) is 24.1 Å². The van der Waals surface area contributed by atoms with Gasteiger partial charge in [0, 0.05) is 31.4 Å². The first-order valence-corrected chi connectivity index (χ1v) is 15.1. The fourth-order valence-corrected chi connectivity index (χ4v) is 5.95. The highest BCUT2D eigenvalue weighted by Crippen LogP contribution is 2.24. The van der Waals surface area contributed by atoms with Crippen LogP contribution in [-0.4, -0.2) is 47.1 Å². The van der Waals surface area contributed by atoms with E-state index in [1.54, 1.807) is 36.4 Å². The number of ether oxygens (including phenoxy) is 1. The van der Waals surface area contributed by atoms with E-state index in [0.717, 1.165) is 49.9 Å². The minimum Gasteiger partial charge on any atom is -0.457 e. The Morgan fingerprint density at radius 1 is 0.838 bits per heavy atom. The molecule has 37 heavy (non-hydrogen) atoms. The Labute approximate surface area is 225 Å². The van der Waals surface area contributed by atoms with E-state index >= 15 is 0 Å². The summed E-state index contributed by atoms with van der Waals surface area (Å²) in [5.74, 6) is 1.30. The summed E-state index contributed by atoms with van der Waals surface area (Å²) < 4.78 is 59.1. The van der Waals surface area contributed by atoms with E-state index in [2.05, 4.69) is 14.3 Å². The lowest BCUT2D eigenvalue weighted by atomic mass is 10.1. The average molecular weight is 566 g/mol. The van der Waals surface area contributed by atoms with E-state index in [1.807, 2.05) is 43.3 Å². The highest BCUT2D eigenvalue weighted by molar-refractivity contribution is 7.92. The first-order chi connectivity index (χ1) is 17.1. The lowest BCUT2D eigenvalue weighted by Crippen LogP contribution is -2.44. The molecule has 0 saturated carbocycles. The first kappa shape index (κ1) is 28.9. The molecule has 200 valence electrons. The van der Waals surface area contributed by atoms with Gasteiger partial charge in [0.15, 0.2) is 0 Å². The molecule has 3 aromatic carbocycles. The fraction of sp³-hybridized carbons (Fsp3) is 0.308. The van der Waals surface area contributed by atoms with Gasteiger partial charge in [-0.25, -0.2) is 21.6 Å². The average Bonchev–Trinajstić information content (AvgIpc) is 2.82. The van der Waals surface area contributed by atoms with Crippen molar-refractivity contribution >= 4 is 38.1 Å². The predicted octanol–water partition coefficient (Wildman–Crippen LogP) is 4.52. The first-order valence-electron chi connectivity index (χ1n) is 11.7. The Kier molecular flexibility index (Phi) is 9.60. The second kappa shape index (κ2) is 12.3. The van der Waals surface area contributed by atoms with Gasteiger partial charge in [-0.3, -0.25) is 9.62 Å². The van der Waals surface area contributed by atoms with Crippen LogP contribution in [0.5, 0.6) is 11.5 Å². The predicted molar refractivity (Wildman–Crippen MR) is 148 cm³/mol. The van der Waals surface area contributed by atoms with Crippen LogP contribution in [0.15, 0.2) is 77.7 Å². The van der Waals surface area contributed by atoms with E-state index in [4.69, 9.17) is 4.74 Å². The number of sulfonamides is 2. The molecule has 1 aliphatic heterocycles. The van der Waals surface area contributed by atoms with Crippen molar-refractivity contribution < 1.29 is 21.6 Å². The van der Waals surface area contributed by atoms with E-state index in [9.17, 15) is 16.8 Å². The third-order valence-electron chi connectivity index (χ3n) is 5.96. The maximum absolute atomic E-state index is 12.7. The molecule has 0 atom stereocenters. The Balaban J connectivity index is 0.00000380. The SMILES string of the molecule is Cc1ccc(S(=O)(=O)NC2CCN(Cc3ccc(Oc4ccc(NS(C)(=O)=O)cc4)cc3)CC2)cc1.Cl. The van der Waals surface area contributed by atoms with Crippen LogP contribution in [0, 0.1) is 6.92 Å². The molecule has 0 amide bonds. The van der Waals surface area contributed by atoms with Crippen LogP contribution in [0.1, 0.15) is 24.0 Å². The van der Waals surface area contributed by atoms with Crippen molar-refractivity contribution in [1.29, 1.82) is 0 Å². The molecule has 11 heteroatoms. The van der Waals surface area contributed by atoms with Gasteiger partial charge in [-0.2, -0.15) is 0 Å². The van der Waals surface area contributed by atoms with Crippen molar-refractivity contribution in [3.63, 3.8) is 0 Å². The summed E-state index contributed by atoms with van der Waals surface area (Å²) >= 11 is 0. The normalized spacial score (nSPS) is 15.1. The summed E-state index contributed by atoms with van der Waals surface area (Å²) in [4.78, 5) is 2.62. The number of likely N-dealkylation sites (tertiary alicyclic amines) is 1. The van der Waals surface area contributed by atoms with Gasteiger partial charge in [0.25, 0.3) is 0 Å². The summed E-state index contributed by atoms with van der Waals surface area (Å²) in [6.45, 7) is 4.34. The minimum absolute atomic E-state index is 0. The van der Waals surface area contributed by atoms with Crippen molar-refractivity contribution in [1.82, 2.24) is 9.62 Å². The van der Waals surface area contributed by atoms with Gasteiger partial charge in [0.05, 0.1) is 11.2 Å². The van der Waals surface area contributed by atoms with Gasteiger partial charge in [0.1, 0.15) is 11.5 Å². The van der Waals surface area contributed by atoms with Crippen molar-refractivity contribution in [3.8, 4) is 11.5 Å². The number of hydrogen-bond donors (Lipinski definition) is 2. The summed E-state index contributed by atoms with van der Waals surface area (Å²) in [5.41, 5.74) is 2.65. The monoisotopic (exact) mass is 565 g/mol. The third-order valence-corrected chi connectivity index (χ3v) is 8.11. The molecule has 4 rings (SSSR count). The molecular weight excluding hydrogens is 534 g/mol. The maximum Gasteiger partial charge on any atom is 0.240 e. The molecule has 0 aromatic heterocycles. The summed E-state index contributed by atoms with van der Waals surface area (Å²) in [5, 5.41) is 0. The molecule has 0 aliphatic carbocycles. The number of nitrogens with zero attached hydrogens (tertiary/aromatic N) is 1. The number of hydrogen-bond acceptors (Lipinski definition) is 6. The molecule has 1 aliphatic rings. The number of anilines is 1. The number of piperidine rings is 1. The van der Waals surface area contributed by atoms with Gasteiger partial charge in [-0.05, 0) is 73.9 Å². The minimum atomic E-state index is -3.51. The highest BCUT2D eigenvalue weighted by Gasteiger charge is 2.24. The highest BCUT2D eigenvalue weighted by atomic mass is 35.5. The van der Waals surface area contributed by atoms with E-state index in [-0.39, 0.29) is 18.4 Å². The van der Waals surface area contributed by atoms with Crippen LogP contribution in [0.4, 0.5) is 5.69 Å². The number of aryl methyl sites for hydroxylation is 1. The van der Waals surface area contributed by atoms with Crippen LogP contribution < -0.4 is 14.2 Å². The molecular formula is C26H32ClN3O5S2. The molecule has 2 N–H and O–H groups in total. The molecule has 1 saturated heterocycles. The number of benzene rings is 3. The van der Waals surface area contributed by atoms with Gasteiger partial charge >= 0.3 is 0 Å². The summed E-state index contributed by atoms with van der Waals surface area (Å²) in [6, 6.07) is 21.4. The molecule has 3 aromatic rings. The van der Waals surface area contributed by atoms with Gasteiger partial charge < -0.3 is 4.74 Å². The van der Waals surface area contributed by atoms with Gasteiger partial charge in [0.2, 0.25) is 20.0 Å². The standard InChI is InChI=1S/C26H31N3O5S2.ClH/c1-20-3-13-26(14-4-20)36(32,33)28-23-15-17-29(18-16-23)19-21-5-9-24(10-6-21)34-25-11-7-22(8-12-25)27-35(2,30)31;/h3-14,23,27-28H,15-19H2,1-2H3;1H. The largest absolute Gasteiger partial charge is 0.457 e. The Morgan fingerprint density at radius 3 is 1.92 bits per heavy atom. The molecule has 1 fully saturated rings. The lowest BCUT2D eigenvalue weighted by molar-refractivity contribution is 0.200. The Morgan fingerprint density at radius 2 is 1.38 bits per heavy atom. The maximum atomic E-state index is 12.7. The van der Waals surface area contributed by atoms with Crippen LogP contribution in [0.25, 0.3) is 0 Å². The van der Waals surface area contributed by atoms with Gasteiger partial charge in [-0.15, -0.1) is 12.4 Å². The van der Waals surface area contributed by atoms with Crippen molar-refractivity contribution in [2.45, 2.75) is 37.2 Å². The zero-order valence-corrected chi connectivity index (χ0v) is 23.2. The topological polar surface area (TPSA) is 105 Å². The summed E-state index contributed by atoms with van der Waals surface area (Å²) in [6.07, 6.45) is 2.63. The number of nitrogens with one attached hydrogen (secondary N) is 2. The van der Waals surface area contributed by atoms with Gasteiger partial charge in [-0.1, -0.05) is 29.8 Å². The Hall–Kier alpha value is -2.63. The van der Waals surface area contributed by atoms with Crippen molar-refractivity contribution in [3.05, 3.63) is 83.9 Å². The fourth-order valence-electron chi connectivity index (χ4n) is 4.08. The number of rotatable bonds is 9. The zero-order valence-electron chi connectivity index (χ0n) is 20.8. The second-order valence-electron chi connectivity index (χ2n) is 9.13. The van der Waals surface area contributed by atoms with Crippen LogP contribution in [-0.2, 0) is 26.6 Å². The molecule has 1 heterocycles. The molecule has 8 nitrogen and oxygen atoms in total. The lowest BCUT2D eigenvalue weighted by Gasteiger charge is -2.32. The van der Waals surface area contributed by atoms with Crippen LogP contribution in [0.2, 0.25) is 0 Å². The quantitative estimate of drug-likeness (QED) is 0.395. The molecule has 0 radical (unpaired) electrons. The Bertz CT molecular complexity index is 1370. The third kappa shape index (κ3) is 8.72. The molecule has 0 bridgehead atoms. The van der Waals surface area contributed by atoms with E-state index in [1.165, 1.54) is 0 Å². The van der Waals surface area contributed by atoms with E-state index < -0.39 is 20.0 Å². The van der Waals surface area contributed by atoms with Crippen LogP contribution >= 0.6 is 12.4 Å². The smallest absolute Gasteiger partial charge is 0.240 e. The molecule has 0 unspecified atom stereocenters. The van der Waals surface area contributed by atoms with Crippen molar-refractivity contribution in [2.24, 2.45) is 0 Å². The summed E-state index contributed by atoms with van der Waals surface area (Å²) in [7, 11) is -6.82. The molecule has 0 spiro atoms. The van der Waals surface area contributed by atoms with E-state index in [0.29, 0.717) is 22.1 Å².